The molecule has 1 saturated heterocycles. The van der Waals surface area contributed by atoms with Crippen LogP contribution in [0.15, 0.2) is 36.5 Å². The first-order chi connectivity index (χ1) is 25.5. The van der Waals surface area contributed by atoms with Crippen molar-refractivity contribution in [3.63, 3.8) is 0 Å². The number of quaternary nitrogens is 1. The fourth-order valence-corrected chi connectivity index (χ4v) is 6.36. The van der Waals surface area contributed by atoms with E-state index in [9.17, 15) is 19.0 Å². The minimum absolute atomic E-state index is 0.0431. The van der Waals surface area contributed by atoms with Gasteiger partial charge in [0.2, 0.25) is 0 Å². The van der Waals surface area contributed by atoms with Crippen molar-refractivity contribution in [1.82, 2.24) is 0 Å². The van der Waals surface area contributed by atoms with Gasteiger partial charge in [-0.05, 0) is 51.4 Å². The van der Waals surface area contributed by atoms with Gasteiger partial charge in [0.15, 0.2) is 6.10 Å². The SMILES string of the molecule is CCCCC/C=C\CC1OC1C/C=C\C/C=C\CCCC(=O)O[C@H](COC(=O)CCCCCCCCCCCCC)COP(=O)([O-])OCC[N+](C)(C)C. The third kappa shape index (κ3) is 32.2. The first-order valence-electron chi connectivity index (χ1n) is 20.8. The third-order valence-corrected chi connectivity index (χ3v) is 10.0. The van der Waals surface area contributed by atoms with Crippen LogP contribution in [0, 0.1) is 0 Å². The Kier molecular flexibility index (Phi) is 29.2. The molecule has 4 atom stereocenters. The van der Waals surface area contributed by atoms with E-state index in [1.807, 2.05) is 27.2 Å². The van der Waals surface area contributed by atoms with Gasteiger partial charge >= 0.3 is 11.9 Å². The summed E-state index contributed by atoms with van der Waals surface area (Å²) < 4.78 is 39.5. The van der Waals surface area contributed by atoms with E-state index >= 15 is 0 Å². The van der Waals surface area contributed by atoms with Crippen LogP contribution in [0.4, 0.5) is 0 Å². The van der Waals surface area contributed by atoms with Gasteiger partial charge in [0.25, 0.3) is 7.82 Å². The van der Waals surface area contributed by atoms with Gasteiger partial charge in [0.05, 0.1) is 40.0 Å². The molecule has 1 heterocycles. The number of hydrogen-bond acceptors (Lipinski definition) is 9. The van der Waals surface area contributed by atoms with E-state index in [4.69, 9.17) is 23.3 Å². The van der Waals surface area contributed by atoms with Crippen molar-refractivity contribution < 1.29 is 46.8 Å². The van der Waals surface area contributed by atoms with Gasteiger partial charge in [-0.1, -0.05) is 127 Å². The Morgan fingerprint density at radius 3 is 1.85 bits per heavy atom. The number of phosphoric acid groups is 1. The highest BCUT2D eigenvalue weighted by atomic mass is 31.2. The number of carbonyl (C=O) groups excluding carboxylic acids is 2. The van der Waals surface area contributed by atoms with Gasteiger partial charge in [-0.25, -0.2) is 0 Å². The van der Waals surface area contributed by atoms with Crippen LogP contribution >= 0.6 is 7.82 Å². The van der Waals surface area contributed by atoms with Crippen LogP contribution < -0.4 is 4.89 Å². The summed E-state index contributed by atoms with van der Waals surface area (Å²) >= 11 is 0. The molecule has 0 aromatic heterocycles. The number of unbranched alkanes of at least 4 members (excludes halogenated alkanes) is 14. The lowest BCUT2D eigenvalue weighted by atomic mass is 10.1. The van der Waals surface area contributed by atoms with Crippen LogP contribution in [0.2, 0.25) is 0 Å². The van der Waals surface area contributed by atoms with Crippen molar-refractivity contribution in [2.75, 3.05) is 47.5 Å². The second-order valence-corrected chi connectivity index (χ2v) is 16.8. The second kappa shape index (κ2) is 31.4. The van der Waals surface area contributed by atoms with Crippen LogP contribution in [0.5, 0.6) is 0 Å². The molecule has 308 valence electrons. The topological polar surface area (TPSA) is 124 Å². The molecular weight excluding hydrogens is 693 g/mol. The molecular formula is C42H76NO9P. The van der Waals surface area contributed by atoms with Crippen molar-refractivity contribution in [1.29, 1.82) is 0 Å². The molecule has 0 aliphatic carbocycles. The molecule has 0 radical (unpaired) electrons. The van der Waals surface area contributed by atoms with E-state index in [-0.39, 0.29) is 26.1 Å². The van der Waals surface area contributed by atoms with E-state index in [2.05, 4.69) is 44.2 Å². The average molecular weight is 770 g/mol. The largest absolute Gasteiger partial charge is 0.756 e. The maximum atomic E-state index is 12.6. The lowest BCUT2D eigenvalue weighted by molar-refractivity contribution is -0.870. The molecule has 10 nitrogen and oxygen atoms in total. The first kappa shape index (κ1) is 49.2. The number of esters is 2. The van der Waals surface area contributed by atoms with Gasteiger partial charge in [-0.2, -0.15) is 0 Å². The Bertz CT molecular complexity index is 1070. The summed E-state index contributed by atoms with van der Waals surface area (Å²) in [7, 11) is 1.12. The van der Waals surface area contributed by atoms with Gasteiger partial charge in [-0.15, -0.1) is 0 Å². The number of epoxide rings is 1. The highest BCUT2D eigenvalue weighted by molar-refractivity contribution is 7.45. The third-order valence-electron chi connectivity index (χ3n) is 9.07. The highest BCUT2D eigenvalue weighted by Gasteiger charge is 2.36. The number of phosphoric ester groups is 1. The van der Waals surface area contributed by atoms with Crippen molar-refractivity contribution in [2.45, 2.75) is 173 Å². The number of rotatable bonds is 36. The smallest absolute Gasteiger partial charge is 0.306 e. The number of allylic oxidation sites excluding steroid dienone is 4. The van der Waals surface area contributed by atoms with Crippen LogP contribution in [0.25, 0.3) is 0 Å². The predicted octanol–water partition coefficient (Wildman–Crippen LogP) is 9.71. The maximum absolute atomic E-state index is 12.6. The average Bonchev–Trinajstić information content (AvgIpc) is 3.86. The Morgan fingerprint density at radius 1 is 0.679 bits per heavy atom. The molecule has 1 fully saturated rings. The monoisotopic (exact) mass is 770 g/mol. The first-order valence-corrected chi connectivity index (χ1v) is 22.3. The summed E-state index contributed by atoms with van der Waals surface area (Å²) in [4.78, 5) is 37.4. The highest BCUT2D eigenvalue weighted by Crippen LogP contribution is 2.38. The normalized spacial score (nSPS) is 17.8. The molecule has 11 heteroatoms. The summed E-state index contributed by atoms with van der Waals surface area (Å²) in [5.74, 6) is -0.907. The Balaban J connectivity index is 2.35. The van der Waals surface area contributed by atoms with E-state index < -0.39 is 32.5 Å². The van der Waals surface area contributed by atoms with Crippen molar-refractivity contribution >= 4 is 19.8 Å². The van der Waals surface area contributed by atoms with Gasteiger partial charge < -0.3 is 32.6 Å². The van der Waals surface area contributed by atoms with Crippen LogP contribution in [-0.2, 0) is 37.4 Å². The van der Waals surface area contributed by atoms with E-state index in [0.717, 1.165) is 44.9 Å². The molecule has 0 spiro atoms. The summed E-state index contributed by atoms with van der Waals surface area (Å²) in [5.41, 5.74) is 0. The number of ether oxygens (including phenoxy) is 3. The number of carbonyl (C=O) groups is 2. The minimum atomic E-state index is -4.64. The molecule has 0 N–H and O–H groups in total. The number of hydrogen-bond donors (Lipinski definition) is 0. The van der Waals surface area contributed by atoms with Gasteiger partial charge in [0, 0.05) is 12.8 Å². The lowest BCUT2D eigenvalue weighted by Gasteiger charge is -2.28. The zero-order valence-corrected chi connectivity index (χ0v) is 35.0. The minimum Gasteiger partial charge on any atom is -0.756 e. The molecule has 0 bridgehead atoms. The Labute approximate surface area is 323 Å². The standard InChI is InChI=1S/C42H76NO9P/c1-6-8-10-12-14-15-16-17-20-24-28-32-41(44)48-36-38(37-50-53(46,47)49-35-34-43(3,4)5)51-42(45)33-29-25-21-18-19-23-27-31-40-39(52-40)30-26-22-13-11-9-7-2/h18,21-23,26-27,38-40H,6-17,19-20,24-25,28-37H2,1-5H3/b21-18-,26-22-,27-23-/t38-,39?,40?/m1/s1. The fourth-order valence-electron chi connectivity index (χ4n) is 5.63. The Hall–Kier alpha value is -1.81. The van der Waals surface area contributed by atoms with Crippen molar-refractivity contribution in [3.8, 4) is 0 Å². The molecule has 0 saturated carbocycles. The molecule has 1 aliphatic rings. The summed E-state index contributed by atoms with van der Waals surface area (Å²) in [6, 6.07) is 0. The van der Waals surface area contributed by atoms with Crippen LogP contribution in [0.1, 0.15) is 155 Å². The molecule has 53 heavy (non-hydrogen) atoms. The quantitative estimate of drug-likeness (QED) is 0.0153. The van der Waals surface area contributed by atoms with Crippen LogP contribution in [-0.4, -0.2) is 82.2 Å². The van der Waals surface area contributed by atoms with Crippen LogP contribution in [0.3, 0.4) is 0 Å². The number of nitrogens with zero attached hydrogens (tertiary/aromatic N) is 1. The number of likely N-dealkylation sites (N-methyl/N-ethyl adjacent to an activating group) is 1. The second-order valence-electron chi connectivity index (χ2n) is 15.4. The molecule has 1 aliphatic heterocycles. The summed E-state index contributed by atoms with van der Waals surface area (Å²) in [6.45, 7) is 4.10. The van der Waals surface area contributed by atoms with Crippen molar-refractivity contribution in [2.24, 2.45) is 0 Å². The fraction of sp³-hybridized carbons (Fsp3) is 0.810. The summed E-state index contributed by atoms with van der Waals surface area (Å²) in [5, 5.41) is 0. The Morgan fingerprint density at radius 2 is 1.21 bits per heavy atom. The molecule has 0 amide bonds. The maximum Gasteiger partial charge on any atom is 0.306 e. The molecule has 0 aromatic rings. The van der Waals surface area contributed by atoms with E-state index in [0.29, 0.717) is 36.1 Å². The molecule has 1 rings (SSSR count). The molecule has 3 unspecified atom stereocenters. The zero-order chi connectivity index (χ0) is 39.0. The molecule has 0 aromatic carbocycles. The van der Waals surface area contributed by atoms with E-state index in [1.165, 1.54) is 70.6 Å². The van der Waals surface area contributed by atoms with Gasteiger partial charge in [0.1, 0.15) is 19.8 Å². The zero-order valence-electron chi connectivity index (χ0n) is 34.1. The van der Waals surface area contributed by atoms with Gasteiger partial charge in [-0.3, -0.25) is 14.2 Å². The predicted molar refractivity (Wildman–Crippen MR) is 212 cm³/mol. The summed E-state index contributed by atoms with van der Waals surface area (Å²) in [6.07, 6.45) is 34.9. The lowest BCUT2D eigenvalue weighted by Crippen LogP contribution is -2.37. The van der Waals surface area contributed by atoms with Crippen molar-refractivity contribution in [3.05, 3.63) is 36.5 Å². The van der Waals surface area contributed by atoms with E-state index in [1.54, 1.807) is 0 Å².